The molecule has 10 aliphatic rings. The van der Waals surface area contributed by atoms with Crippen molar-refractivity contribution in [1.82, 2.24) is 0 Å². The Kier molecular flexibility index (Phi) is 21.7. The minimum atomic E-state index is -2.06. The third kappa shape index (κ3) is 12.7. The summed E-state index contributed by atoms with van der Waals surface area (Å²) < 4.78 is 70.3. The van der Waals surface area contributed by atoms with Crippen molar-refractivity contribution in [2.45, 2.75) is 268 Å². The van der Waals surface area contributed by atoms with Crippen molar-refractivity contribution in [3.63, 3.8) is 0 Å². The zero-order chi connectivity index (χ0) is 64.7. The second-order valence-corrected chi connectivity index (χ2v) is 26.7. The van der Waals surface area contributed by atoms with Crippen LogP contribution in [0.2, 0.25) is 0 Å². The molecule has 89 heavy (non-hydrogen) atoms. The number of hydrogen-bond acceptors (Lipinski definition) is 33. The molecule has 1 spiro atoms. The predicted octanol–water partition coefficient (Wildman–Crippen LogP) is -9.67. The Labute approximate surface area is 510 Å². The first-order valence-electron chi connectivity index (χ1n) is 30.5. The summed E-state index contributed by atoms with van der Waals surface area (Å²) >= 11 is 0. The summed E-state index contributed by atoms with van der Waals surface area (Å²) in [6, 6.07) is 0. The van der Waals surface area contributed by atoms with Gasteiger partial charge in [0.15, 0.2) is 44.0 Å². The van der Waals surface area contributed by atoms with Gasteiger partial charge >= 0.3 is 0 Å². The fourth-order valence-electron chi connectivity index (χ4n) is 16.4. The number of ether oxygens (including phenoxy) is 12. The van der Waals surface area contributed by atoms with Gasteiger partial charge in [0.1, 0.15) is 146 Å². The van der Waals surface area contributed by atoms with Crippen LogP contribution in [0.25, 0.3) is 0 Å². The molecule has 2 bridgehead atoms. The average Bonchev–Trinajstić information content (AvgIpc) is 1.63. The molecule has 0 aromatic heterocycles. The minimum absolute atomic E-state index is 0.0168. The SMILES string of the molecule is C=C1C[C@@]23CCC4[C@](C)(C(O)OC5OC(CO)C(OC6OC(COC7OC(COC8OC(CO)C(O)C(O)C8O)C(O)C(O)C7O)C(O)C(O)C6O)C(O)C5O)CCC[C@@]4(C)[C@@H]2CC[C@]1(OC1OC(CO)C(O)C(O)C1OC1OC(CO)C(O)C(O)C1O)C3. The van der Waals surface area contributed by atoms with E-state index in [-0.39, 0.29) is 11.8 Å². The molecule has 514 valence electrons. The van der Waals surface area contributed by atoms with Crippen molar-refractivity contribution in [2.75, 3.05) is 39.6 Å². The maximum absolute atomic E-state index is 12.3. The molecule has 0 amide bonds. The van der Waals surface area contributed by atoms with Crippen molar-refractivity contribution < 1.29 is 164 Å². The van der Waals surface area contributed by atoms with E-state index in [1.807, 2.05) is 6.92 Å². The zero-order valence-electron chi connectivity index (χ0n) is 49.2. The van der Waals surface area contributed by atoms with Crippen LogP contribution in [0, 0.1) is 28.1 Å². The summed E-state index contributed by atoms with van der Waals surface area (Å²) in [4.78, 5) is 0. The molecule has 0 radical (unpaired) electrons. The molecule has 32 unspecified atom stereocenters. The molecule has 0 aromatic rings. The summed E-state index contributed by atoms with van der Waals surface area (Å²) in [6.45, 7) is 3.91. The van der Waals surface area contributed by atoms with E-state index in [4.69, 9.17) is 56.8 Å². The van der Waals surface area contributed by atoms with E-state index in [1.54, 1.807) is 0 Å². The van der Waals surface area contributed by atoms with Crippen molar-refractivity contribution >= 4 is 0 Å². The molecule has 21 N–H and O–H groups in total. The van der Waals surface area contributed by atoms with E-state index in [0.29, 0.717) is 51.4 Å². The Morgan fingerprint density at radius 3 is 1.37 bits per heavy atom. The van der Waals surface area contributed by atoms with E-state index < -0.39 is 252 Å². The Bertz CT molecular complexity index is 2350. The van der Waals surface area contributed by atoms with Crippen molar-refractivity contribution in [2.24, 2.45) is 28.1 Å². The van der Waals surface area contributed by atoms with Crippen LogP contribution in [0.4, 0.5) is 0 Å². The van der Waals surface area contributed by atoms with Crippen LogP contribution in [0.15, 0.2) is 12.2 Å². The standard InChI is InChI=1S/C56H92O33/c1-19-11-55-9-5-26-53(2,27(55)6-10-56(19,18-55)89-51-45(37(70)30(63)22(14-59)82-51)87-48-41(74)34(67)29(62)21(13-58)81-48)7-4-8-54(26,3)52(77)88-50-43(76)38(71)44(23(15-60)83-50)86-49-42(75)36(69)32(65)25(85-49)17-79-47-40(73)35(68)31(64)24(84-47)16-78-46-39(72)33(66)28(61)20(12-57)80-46/h20-52,57-77H,1,4-18H2,2-3H3/t20?,21?,22?,23?,24?,25?,26?,27-,28?,29?,30?,31?,32?,33?,34?,35?,36?,37?,38?,39?,40?,41?,42?,43?,44?,45?,46?,47?,48?,49?,50?,51?,52?,53+,54+,55+,56-/m0/s1. The van der Waals surface area contributed by atoms with Gasteiger partial charge in [-0.2, -0.15) is 0 Å². The Hall–Kier alpha value is -1.58. The normalized spacial score (nSPS) is 54.9. The highest BCUT2D eigenvalue weighted by atomic mass is 16.8. The lowest BCUT2D eigenvalue weighted by molar-refractivity contribution is -0.384. The monoisotopic (exact) mass is 1290 g/mol. The van der Waals surface area contributed by atoms with Crippen LogP contribution in [-0.4, -0.2) is 343 Å². The van der Waals surface area contributed by atoms with Gasteiger partial charge < -0.3 is 164 Å². The highest BCUT2D eigenvalue weighted by molar-refractivity contribution is 5.30. The van der Waals surface area contributed by atoms with Crippen LogP contribution in [0.1, 0.15) is 71.6 Å². The fraction of sp³-hybridized carbons (Fsp3) is 0.964. The molecule has 33 heteroatoms. The van der Waals surface area contributed by atoms with Crippen LogP contribution in [0.5, 0.6) is 0 Å². The van der Waals surface area contributed by atoms with Gasteiger partial charge in [0.2, 0.25) is 0 Å². The Morgan fingerprint density at radius 1 is 0.438 bits per heavy atom. The molecule has 4 saturated carbocycles. The number of aliphatic hydroxyl groups excluding tert-OH is 21. The van der Waals surface area contributed by atoms with Crippen LogP contribution < -0.4 is 0 Å². The van der Waals surface area contributed by atoms with Gasteiger partial charge in [-0.15, -0.1) is 0 Å². The summed E-state index contributed by atoms with van der Waals surface area (Å²) in [7, 11) is 0. The lowest BCUT2D eigenvalue weighted by Crippen LogP contribution is -2.66. The molecule has 6 heterocycles. The molecule has 6 aliphatic heterocycles. The van der Waals surface area contributed by atoms with Gasteiger partial charge in [-0.25, -0.2) is 0 Å². The molecule has 33 nitrogen and oxygen atoms in total. The van der Waals surface area contributed by atoms with Gasteiger partial charge in [-0.3, -0.25) is 0 Å². The predicted molar refractivity (Wildman–Crippen MR) is 285 cm³/mol. The van der Waals surface area contributed by atoms with Crippen LogP contribution in [-0.2, 0) is 56.8 Å². The van der Waals surface area contributed by atoms with Crippen LogP contribution >= 0.6 is 0 Å². The van der Waals surface area contributed by atoms with Crippen molar-refractivity contribution in [1.29, 1.82) is 0 Å². The molecule has 10 rings (SSSR count). The quantitative estimate of drug-likeness (QED) is 0.0324. The van der Waals surface area contributed by atoms with Gasteiger partial charge in [-0.05, 0) is 79.6 Å². The van der Waals surface area contributed by atoms with E-state index in [2.05, 4.69) is 13.5 Å². The number of aliphatic hydroxyl groups is 21. The van der Waals surface area contributed by atoms with Gasteiger partial charge in [-0.1, -0.05) is 26.8 Å². The average molecular weight is 1290 g/mol. The highest BCUT2D eigenvalue weighted by Crippen LogP contribution is 2.74. The number of fused-ring (bicyclic) bond motifs is 3. The number of rotatable bonds is 19. The molecule has 0 aromatic carbocycles. The largest absolute Gasteiger partial charge is 0.394 e. The second-order valence-electron chi connectivity index (χ2n) is 26.7. The summed E-state index contributed by atoms with van der Waals surface area (Å²) in [5, 5.41) is 226. The van der Waals surface area contributed by atoms with Gasteiger partial charge in [0, 0.05) is 5.41 Å². The highest BCUT2D eigenvalue weighted by Gasteiger charge is 2.69. The van der Waals surface area contributed by atoms with Crippen molar-refractivity contribution in [3.8, 4) is 0 Å². The number of hydrogen-bond donors (Lipinski definition) is 21. The topological polar surface area (TPSA) is 536 Å². The molecular weight excluding hydrogens is 1200 g/mol. The first kappa shape index (κ1) is 70.2. The summed E-state index contributed by atoms with van der Waals surface area (Å²) in [6.07, 6.45) is -49.3. The summed E-state index contributed by atoms with van der Waals surface area (Å²) in [5.41, 5.74) is -2.21. The third-order valence-electron chi connectivity index (χ3n) is 21.5. The molecule has 6 saturated heterocycles. The molecule has 10 fully saturated rings. The lowest BCUT2D eigenvalue weighted by atomic mass is 9.40. The molecule has 37 atom stereocenters. The van der Waals surface area contributed by atoms with Gasteiger partial charge in [0.05, 0.1) is 45.2 Å². The smallest absolute Gasteiger partial charge is 0.189 e. The maximum atomic E-state index is 12.3. The maximum Gasteiger partial charge on any atom is 0.189 e. The Balaban J connectivity index is 0.765. The lowest BCUT2D eigenvalue weighted by Gasteiger charge is -2.65. The van der Waals surface area contributed by atoms with Crippen LogP contribution in [0.3, 0.4) is 0 Å². The first-order valence-corrected chi connectivity index (χ1v) is 30.5. The van der Waals surface area contributed by atoms with E-state index in [9.17, 15) is 107 Å². The third-order valence-corrected chi connectivity index (χ3v) is 21.5. The molecule has 4 aliphatic carbocycles. The second kappa shape index (κ2) is 27.5. The first-order chi connectivity index (χ1) is 42.0. The molecular formula is C56H92O33. The van der Waals surface area contributed by atoms with E-state index >= 15 is 0 Å². The van der Waals surface area contributed by atoms with Gasteiger partial charge in [0.25, 0.3) is 0 Å². The van der Waals surface area contributed by atoms with Crippen molar-refractivity contribution in [3.05, 3.63) is 12.2 Å². The van der Waals surface area contributed by atoms with E-state index in [1.165, 1.54) is 0 Å². The zero-order valence-corrected chi connectivity index (χ0v) is 49.2. The fourth-order valence-corrected chi connectivity index (χ4v) is 16.4. The Morgan fingerprint density at radius 2 is 0.843 bits per heavy atom. The minimum Gasteiger partial charge on any atom is -0.394 e. The van der Waals surface area contributed by atoms with E-state index in [0.717, 1.165) is 12.0 Å². The summed E-state index contributed by atoms with van der Waals surface area (Å²) in [5.74, 6) is -0.191.